The highest BCUT2D eigenvalue weighted by Gasteiger charge is 2.27. The molecule has 1 N–H and O–H groups in total. The highest BCUT2D eigenvalue weighted by atomic mass is 32.1. The fourth-order valence-corrected chi connectivity index (χ4v) is 5.11. The van der Waals surface area contributed by atoms with Gasteiger partial charge in [-0.05, 0) is 46.9 Å². The largest absolute Gasteiger partial charge is 0.491 e. The molecule has 0 radical (unpaired) electrons. The Hall–Kier alpha value is -3.10. The molecule has 1 fully saturated rings. The lowest BCUT2D eigenvalue weighted by molar-refractivity contribution is 0.0401. The molecule has 1 aliphatic rings. The van der Waals surface area contributed by atoms with Crippen LogP contribution in [0.2, 0.25) is 0 Å². The summed E-state index contributed by atoms with van der Waals surface area (Å²) >= 11 is 1.34. The summed E-state index contributed by atoms with van der Waals surface area (Å²) < 4.78 is 9.74. The van der Waals surface area contributed by atoms with Crippen LogP contribution in [0.3, 0.4) is 0 Å². The van der Waals surface area contributed by atoms with Crippen LogP contribution < -0.4 is 4.74 Å². The van der Waals surface area contributed by atoms with Gasteiger partial charge in [-0.3, -0.25) is 9.80 Å². The van der Waals surface area contributed by atoms with Crippen molar-refractivity contribution in [3.05, 3.63) is 101 Å². The van der Waals surface area contributed by atoms with Crippen molar-refractivity contribution < 1.29 is 9.84 Å². The van der Waals surface area contributed by atoms with Gasteiger partial charge >= 0.3 is 0 Å². The second kappa shape index (κ2) is 11.6. The van der Waals surface area contributed by atoms with E-state index >= 15 is 0 Å². The van der Waals surface area contributed by atoms with Crippen molar-refractivity contribution in [3.63, 3.8) is 0 Å². The number of β-amino-alcohol motifs (C(OH)–C–C–N with tert-alkyl or cyclic N) is 1. The van der Waals surface area contributed by atoms with E-state index in [2.05, 4.69) is 80.1 Å². The Morgan fingerprint density at radius 3 is 2.03 bits per heavy atom. The first kappa shape index (κ1) is 23.6. The van der Waals surface area contributed by atoms with Gasteiger partial charge in [0, 0.05) is 43.7 Å². The van der Waals surface area contributed by atoms with E-state index in [1.807, 2.05) is 29.6 Å². The number of nitrogens with zero attached hydrogens (tertiary/aromatic N) is 4. The molecule has 6 nitrogen and oxygen atoms in total. The molecule has 1 aliphatic heterocycles. The summed E-state index contributed by atoms with van der Waals surface area (Å²) in [5, 5.41) is 16.6. The lowest BCUT2D eigenvalue weighted by Gasteiger charge is -2.40. The van der Waals surface area contributed by atoms with Crippen LogP contribution in [0.5, 0.6) is 5.75 Å². The van der Waals surface area contributed by atoms with E-state index in [1.54, 1.807) is 0 Å². The molecule has 5 rings (SSSR count). The van der Waals surface area contributed by atoms with E-state index in [-0.39, 0.29) is 12.6 Å². The van der Waals surface area contributed by atoms with Crippen molar-refractivity contribution in [2.45, 2.75) is 12.1 Å². The first-order valence-corrected chi connectivity index (χ1v) is 12.8. The zero-order chi connectivity index (χ0) is 23.9. The van der Waals surface area contributed by atoms with Gasteiger partial charge in [0.15, 0.2) is 0 Å². The van der Waals surface area contributed by atoms with Gasteiger partial charge in [-0.1, -0.05) is 65.2 Å². The smallest absolute Gasteiger partial charge is 0.119 e. The molecule has 35 heavy (non-hydrogen) atoms. The molecule has 0 saturated carbocycles. The normalized spacial score (nSPS) is 15.8. The molecule has 1 saturated heterocycles. The van der Waals surface area contributed by atoms with E-state index in [0.29, 0.717) is 6.54 Å². The number of ether oxygens (including phenoxy) is 1. The quantitative estimate of drug-likeness (QED) is 0.380. The number of hydrogen-bond acceptors (Lipinski definition) is 7. The van der Waals surface area contributed by atoms with E-state index < -0.39 is 6.10 Å². The number of hydrogen-bond donors (Lipinski definition) is 1. The molecule has 1 aromatic heterocycles. The van der Waals surface area contributed by atoms with Crippen LogP contribution in [0, 0.1) is 0 Å². The Morgan fingerprint density at radius 2 is 1.46 bits per heavy atom. The Bertz CT molecular complexity index is 1110. The molecule has 2 heterocycles. The zero-order valence-electron chi connectivity index (χ0n) is 19.6. The summed E-state index contributed by atoms with van der Waals surface area (Å²) in [6, 6.07) is 29.4. The Morgan fingerprint density at radius 1 is 0.829 bits per heavy atom. The molecular weight excluding hydrogens is 456 g/mol. The van der Waals surface area contributed by atoms with Gasteiger partial charge in [-0.15, -0.1) is 5.10 Å². The summed E-state index contributed by atoms with van der Waals surface area (Å²) in [6.07, 6.45) is -0.539. The predicted octanol–water partition coefficient (Wildman–Crippen LogP) is 4.35. The average Bonchev–Trinajstić information content (AvgIpc) is 3.46. The van der Waals surface area contributed by atoms with Crippen LogP contribution in [-0.2, 0) is 0 Å². The molecule has 0 aliphatic carbocycles. The molecule has 1 atom stereocenters. The van der Waals surface area contributed by atoms with Gasteiger partial charge in [0.05, 0.1) is 6.04 Å². The lowest BCUT2D eigenvalue weighted by Crippen LogP contribution is -2.50. The predicted molar refractivity (Wildman–Crippen MR) is 140 cm³/mol. The van der Waals surface area contributed by atoms with Crippen LogP contribution in [0.4, 0.5) is 0 Å². The third kappa shape index (κ3) is 6.13. The molecule has 0 bridgehead atoms. The molecular formula is C28H30N4O2S. The lowest BCUT2D eigenvalue weighted by atomic mass is 9.96. The van der Waals surface area contributed by atoms with Gasteiger partial charge in [0.2, 0.25) is 0 Å². The van der Waals surface area contributed by atoms with E-state index in [4.69, 9.17) is 4.74 Å². The number of aliphatic hydroxyl groups is 1. The molecule has 0 spiro atoms. The van der Waals surface area contributed by atoms with Crippen LogP contribution in [0.1, 0.15) is 17.2 Å². The number of aliphatic hydroxyl groups excluding tert-OH is 1. The average molecular weight is 487 g/mol. The van der Waals surface area contributed by atoms with Crippen LogP contribution in [0.15, 0.2) is 90.3 Å². The van der Waals surface area contributed by atoms with Crippen molar-refractivity contribution in [1.29, 1.82) is 0 Å². The number of piperazine rings is 1. The Kier molecular flexibility index (Phi) is 7.80. The van der Waals surface area contributed by atoms with E-state index in [1.165, 1.54) is 22.7 Å². The third-order valence-electron chi connectivity index (χ3n) is 6.42. The van der Waals surface area contributed by atoms with Crippen molar-refractivity contribution >= 4 is 11.5 Å². The van der Waals surface area contributed by atoms with Crippen LogP contribution in [-0.4, -0.2) is 69.9 Å². The summed E-state index contributed by atoms with van der Waals surface area (Å²) in [6.45, 7) is 4.63. The molecule has 3 aromatic carbocycles. The summed E-state index contributed by atoms with van der Waals surface area (Å²) in [7, 11) is 0. The van der Waals surface area contributed by atoms with Crippen molar-refractivity contribution in [2.24, 2.45) is 0 Å². The topological polar surface area (TPSA) is 61.7 Å². The van der Waals surface area contributed by atoms with Crippen molar-refractivity contribution in [1.82, 2.24) is 19.4 Å². The maximum atomic E-state index is 10.6. The Balaban J connectivity index is 1.12. The minimum absolute atomic E-state index is 0.246. The first-order chi connectivity index (χ1) is 17.3. The highest BCUT2D eigenvalue weighted by molar-refractivity contribution is 7.03. The van der Waals surface area contributed by atoms with E-state index in [0.717, 1.165) is 43.2 Å². The maximum absolute atomic E-state index is 10.6. The van der Waals surface area contributed by atoms with Gasteiger partial charge in [0.25, 0.3) is 0 Å². The monoisotopic (exact) mass is 486 g/mol. The van der Waals surface area contributed by atoms with Gasteiger partial charge in [-0.25, -0.2) is 0 Å². The summed E-state index contributed by atoms with van der Waals surface area (Å²) in [4.78, 5) is 4.87. The fraction of sp³-hybridized carbons (Fsp3) is 0.286. The SMILES string of the molecule is O[C@@H](COc1ccc(-c2csnn2)cc1)CN1CCN(C(c2ccccc2)c2ccccc2)CC1. The fourth-order valence-electron chi connectivity index (χ4n) is 4.64. The molecule has 180 valence electrons. The molecule has 0 amide bonds. The third-order valence-corrected chi connectivity index (χ3v) is 6.93. The second-order valence-electron chi connectivity index (χ2n) is 8.84. The minimum atomic E-state index is -0.539. The first-order valence-electron chi connectivity index (χ1n) is 12.0. The minimum Gasteiger partial charge on any atom is -0.491 e. The van der Waals surface area contributed by atoms with E-state index in [9.17, 15) is 5.11 Å². The molecule has 4 aromatic rings. The standard InChI is InChI=1S/C28H30N4O2S/c33-25(20-34-26-13-11-22(12-14-26)27-21-35-30-29-27)19-31-15-17-32(18-16-31)28(23-7-3-1-4-8-23)24-9-5-2-6-10-24/h1-14,21,25,28,33H,15-20H2/t25-/m1/s1. The molecule has 7 heteroatoms. The van der Waals surface area contributed by atoms with Crippen molar-refractivity contribution in [2.75, 3.05) is 39.3 Å². The zero-order valence-corrected chi connectivity index (χ0v) is 20.4. The Labute approximate surface area is 210 Å². The van der Waals surface area contributed by atoms with Crippen molar-refractivity contribution in [3.8, 4) is 17.0 Å². The number of aromatic nitrogens is 2. The van der Waals surface area contributed by atoms with Gasteiger partial charge in [-0.2, -0.15) is 0 Å². The second-order valence-corrected chi connectivity index (χ2v) is 9.45. The number of rotatable bonds is 9. The maximum Gasteiger partial charge on any atom is 0.119 e. The molecule has 0 unspecified atom stereocenters. The van der Waals surface area contributed by atoms with Gasteiger partial charge < -0.3 is 9.84 Å². The van der Waals surface area contributed by atoms with Crippen LogP contribution in [0.25, 0.3) is 11.3 Å². The highest BCUT2D eigenvalue weighted by Crippen LogP contribution is 2.29. The van der Waals surface area contributed by atoms with Gasteiger partial charge in [0.1, 0.15) is 24.2 Å². The summed E-state index contributed by atoms with van der Waals surface area (Å²) in [5.41, 5.74) is 4.51. The number of benzene rings is 3. The summed E-state index contributed by atoms with van der Waals surface area (Å²) in [5.74, 6) is 0.745. The van der Waals surface area contributed by atoms with Crippen LogP contribution >= 0.6 is 11.5 Å².